The summed E-state index contributed by atoms with van der Waals surface area (Å²) in [6.45, 7) is 0. The number of amides is 2. The summed E-state index contributed by atoms with van der Waals surface area (Å²) < 4.78 is 0. The molecule has 22 heavy (non-hydrogen) atoms. The molecule has 1 aromatic carbocycles. The largest absolute Gasteiger partial charge is 0.325 e. The SMILES string of the molecule is CN(C(=O)CCCC(=O)Nc1cccnc1)c1ccccc1. The second kappa shape index (κ2) is 7.93. The van der Waals surface area contributed by atoms with Crippen molar-refractivity contribution in [3.63, 3.8) is 0 Å². The van der Waals surface area contributed by atoms with Crippen LogP contribution in [0.4, 0.5) is 11.4 Å². The van der Waals surface area contributed by atoms with Crippen molar-refractivity contribution in [2.24, 2.45) is 0 Å². The van der Waals surface area contributed by atoms with Crippen LogP contribution < -0.4 is 10.2 Å². The fourth-order valence-electron chi connectivity index (χ4n) is 2.02. The molecule has 0 unspecified atom stereocenters. The molecule has 0 saturated carbocycles. The highest BCUT2D eigenvalue weighted by molar-refractivity contribution is 5.94. The molecule has 114 valence electrons. The number of aromatic nitrogens is 1. The molecule has 0 aliphatic heterocycles. The second-order valence-electron chi connectivity index (χ2n) is 4.93. The Hall–Kier alpha value is -2.69. The Bertz CT molecular complexity index is 614. The Balaban J connectivity index is 1.74. The number of para-hydroxylation sites is 1. The third-order valence-electron chi connectivity index (χ3n) is 3.26. The fraction of sp³-hybridized carbons (Fsp3) is 0.235. The number of benzene rings is 1. The van der Waals surface area contributed by atoms with Crippen molar-refractivity contribution in [1.82, 2.24) is 4.98 Å². The number of hydrogen-bond acceptors (Lipinski definition) is 3. The summed E-state index contributed by atoms with van der Waals surface area (Å²) in [5.41, 5.74) is 1.52. The van der Waals surface area contributed by atoms with E-state index in [0.717, 1.165) is 5.69 Å². The van der Waals surface area contributed by atoms with Crippen LogP contribution in [0.3, 0.4) is 0 Å². The maximum Gasteiger partial charge on any atom is 0.226 e. The lowest BCUT2D eigenvalue weighted by Gasteiger charge is -2.17. The van der Waals surface area contributed by atoms with Crippen molar-refractivity contribution in [2.45, 2.75) is 19.3 Å². The quantitative estimate of drug-likeness (QED) is 0.891. The predicted molar refractivity (Wildman–Crippen MR) is 86.6 cm³/mol. The molecule has 2 amide bonds. The van der Waals surface area contributed by atoms with Crippen molar-refractivity contribution in [1.29, 1.82) is 0 Å². The lowest BCUT2D eigenvalue weighted by atomic mass is 10.2. The van der Waals surface area contributed by atoms with Crippen LogP contribution in [-0.2, 0) is 9.59 Å². The number of nitrogens with zero attached hydrogens (tertiary/aromatic N) is 2. The Morgan fingerprint density at radius 2 is 1.86 bits per heavy atom. The third-order valence-corrected chi connectivity index (χ3v) is 3.26. The van der Waals surface area contributed by atoms with Gasteiger partial charge in [-0.1, -0.05) is 18.2 Å². The summed E-state index contributed by atoms with van der Waals surface area (Å²) in [4.78, 5) is 29.4. The van der Waals surface area contributed by atoms with Crippen molar-refractivity contribution in [3.05, 3.63) is 54.9 Å². The molecule has 0 radical (unpaired) electrons. The molecule has 1 aromatic heterocycles. The summed E-state index contributed by atoms with van der Waals surface area (Å²) in [7, 11) is 1.74. The first kappa shape index (κ1) is 15.7. The zero-order valence-corrected chi connectivity index (χ0v) is 12.5. The zero-order valence-electron chi connectivity index (χ0n) is 12.5. The van der Waals surface area contributed by atoms with Crippen LogP contribution in [0.5, 0.6) is 0 Å². The number of pyridine rings is 1. The molecule has 0 fully saturated rings. The van der Waals surface area contributed by atoms with Crippen LogP contribution >= 0.6 is 0 Å². The van der Waals surface area contributed by atoms with E-state index in [0.29, 0.717) is 24.9 Å². The summed E-state index contributed by atoms with van der Waals surface area (Å²) >= 11 is 0. The molecule has 1 heterocycles. The zero-order chi connectivity index (χ0) is 15.8. The summed E-state index contributed by atoms with van der Waals surface area (Å²) in [5.74, 6) is -0.108. The third kappa shape index (κ3) is 4.70. The minimum absolute atomic E-state index is 0.000350. The monoisotopic (exact) mass is 297 g/mol. The average Bonchev–Trinajstić information content (AvgIpc) is 2.55. The first-order valence-electron chi connectivity index (χ1n) is 7.18. The van der Waals surface area contributed by atoms with Crippen LogP contribution in [0.2, 0.25) is 0 Å². The van der Waals surface area contributed by atoms with Gasteiger partial charge in [-0.15, -0.1) is 0 Å². The predicted octanol–water partition coefficient (Wildman–Crippen LogP) is 2.85. The molecule has 1 N–H and O–H groups in total. The molecule has 0 aliphatic rings. The van der Waals surface area contributed by atoms with E-state index < -0.39 is 0 Å². The minimum atomic E-state index is -0.108. The first-order valence-corrected chi connectivity index (χ1v) is 7.18. The number of nitrogens with one attached hydrogen (secondary N) is 1. The molecule has 0 saturated heterocycles. The van der Waals surface area contributed by atoms with Crippen LogP contribution in [0.1, 0.15) is 19.3 Å². The van der Waals surface area contributed by atoms with E-state index in [1.54, 1.807) is 36.5 Å². The Labute approximate surface area is 130 Å². The number of hydrogen-bond donors (Lipinski definition) is 1. The number of rotatable bonds is 6. The van der Waals surface area contributed by atoms with Crippen molar-refractivity contribution >= 4 is 23.2 Å². The highest BCUT2D eigenvalue weighted by Gasteiger charge is 2.11. The normalized spacial score (nSPS) is 10.0. The first-order chi connectivity index (χ1) is 10.7. The van der Waals surface area contributed by atoms with E-state index in [1.807, 2.05) is 30.3 Å². The number of anilines is 2. The molecule has 0 aliphatic carbocycles. The van der Waals surface area contributed by atoms with Gasteiger partial charge in [0, 0.05) is 31.8 Å². The van der Waals surface area contributed by atoms with Gasteiger partial charge in [0.2, 0.25) is 11.8 Å². The highest BCUT2D eigenvalue weighted by atomic mass is 16.2. The van der Waals surface area contributed by atoms with E-state index >= 15 is 0 Å². The van der Waals surface area contributed by atoms with E-state index in [1.165, 1.54) is 0 Å². The second-order valence-corrected chi connectivity index (χ2v) is 4.93. The van der Waals surface area contributed by atoms with Crippen LogP contribution in [0.25, 0.3) is 0 Å². The summed E-state index contributed by atoms with van der Waals surface area (Å²) in [6.07, 6.45) is 4.40. The summed E-state index contributed by atoms with van der Waals surface area (Å²) in [5, 5.41) is 2.75. The van der Waals surface area contributed by atoms with E-state index in [9.17, 15) is 9.59 Å². The molecular formula is C17H19N3O2. The van der Waals surface area contributed by atoms with Crippen LogP contribution in [0, 0.1) is 0 Å². The van der Waals surface area contributed by atoms with Gasteiger partial charge in [0.1, 0.15) is 0 Å². The highest BCUT2D eigenvalue weighted by Crippen LogP contribution is 2.13. The molecule has 2 rings (SSSR count). The molecule has 0 spiro atoms. The molecule has 0 bridgehead atoms. The number of carbonyl (C=O) groups is 2. The Morgan fingerprint density at radius 1 is 1.09 bits per heavy atom. The van der Waals surface area contributed by atoms with Crippen LogP contribution in [-0.4, -0.2) is 23.8 Å². The van der Waals surface area contributed by atoms with Gasteiger partial charge in [0.25, 0.3) is 0 Å². The molecule has 5 heteroatoms. The van der Waals surface area contributed by atoms with Gasteiger partial charge in [0.05, 0.1) is 11.9 Å². The van der Waals surface area contributed by atoms with Gasteiger partial charge in [-0.3, -0.25) is 14.6 Å². The standard InChI is InChI=1S/C17H19N3O2/c1-20(15-8-3-2-4-9-15)17(22)11-5-10-16(21)19-14-7-6-12-18-13-14/h2-4,6-9,12-13H,5,10-11H2,1H3,(H,19,21). The van der Waals surface area contributed by atoms with Gasteiger partial charge < -0.3 is 10.2 Å². The molecule has 5 nitrogen and oxygen atoms in total. The summed E-state index contributed by atoms with van der Waals surface area (Å²) in [6, 6.07) is 13.0. The van der Waals surface area contributed by atoms with Crippen molar-refractivity contribution in [3.8, 4) is 0 Å². The van der Waals surface area contributed by atoms with Crippen molar-refractivity contribution in [2.75, 3.05) is 17.3 Å². The van der Waals surface area contributed by atoms with Crippen molar-refractivity contribution < 1.29 is 9.59 Å². The van der Waals surface area contributed by atoms with Crippen LogP contribution in [0.15, 0.2) is 54.9 Å². The minimum Gasteiger partial charge on any atom is -0.325 e. The average molecular weight is 297 g/mol. The van der Waals surface area contributed by atoms with Gasteiger partial charge in [0.15, 0.2) is 0 Å². The van der Waals surface area contributed by atoms with Gasteiger partial charge >= 0.3 is 0 Å². The maximum absolute atomic E-state index is 12.1. The lowest BCUT2D eigenvalue weighted by Crippen LogP contribution is -2.26. The smallest absolute Gasteiger partial charge is 0.226 e. The lowest BCUT2D eigenvalue weighted by molar-refractivity contribution is -0.118. The van der Waals surface area contributed by atoms with E-state index in [2.05, 4.69) is 10.3 Å². The molecule has 0 atom stereocenters. The Morgan fingerprint density at radius 3 is 2.55 bits per heavy atom. The Kier molecular flexibility index (Phi) is 5.65. The maximum atomic E-state index is 12.1. The van der Waals surface area contributed by atoms with Gasteiger partial charge in [-0.2, -0.15) is 0 Å². The molecular weight excluding hydrogens is 278 g/mol. The fourth-order valence-corrected chi connectivity index (χ4v) is 2.02. The topological polar surface area (TPSA) is 62.3 Å². The number of carbonyl (C=O) groups excluding carboxylic acids is 2. The molecule has 2 aromatic rings. The van der Waals surface area contributed by atoms with Gasteiger partial charge in [-0.05, 0) is 30.7 Å². The van der Waals surface area contributed by atoms with Gasteiger partial charge in [-0.25, -0.2) is 0 Å². The van der Waals surface area contributed by atoms with E-state index in [-0.39, 0.29) is 11.8 Å². The van der Waals surface area contributed by atoms with E-state index in [4.69, 9.17) is 0 Å².